The standard InChI is InChI=1S/C16H17N3OS/c1-16(2,3)11-5-4-6-12(9-11)17-14(20)13-10-19-7-8-21-15(19)18-13/h4-10H,1-3H3,(H,17,20). The van der Waals surface area contributed by atoms with Gasteiger partial charge in [0.2, 0.25) is 0 Å². The van der Waals surface area contributed by atoms with Crippen LogP contribution in [0.5, 0.6) is 0 Å². The highest BCUT2D eigenvalue weighted by atomic mass is 32.1. The molecule has 4 nitrogen and oxygen atoms in total. The summed E-state index contributed by atoms with van der Waals surface area (Å²) in [6.07, 6.45) is 3.64. The Labute approximate surface area is 127 Å². The number of imidazole rings is 1. The second-order valence-corrected chi connectivity index (χ2v) is 6.88. The average Bonchev–Trinajstić information content (AvgIpc) is 2.98. The highest BCUT2D eigenvalue weighted by molar-refractivity contribution is 7.15. The molecular formula is C16H17N3OS. The van der Waals surface area contributed by atoms with E-state index in [4.69, 9.17) is 0 Å². The van der Waals surface area contributed by atoms with E-state index in [1.54, 1.807) is 6.20 Å². The largest absolute Gasteiger partial charge is 0.321 e. The van der Waals surface area contributed by atoms with E-state index in [-0.39, 0.29) is 11.3 Å². The average molecular weight is 299 g/mol. The molecule has 0 radical (unpaired) electrons. The molecule has 0 bridgehead atoms. The van der Waals surface area contributed by atoms with E-state index in [0.717, 1.165) is 10.6 Å². The minimum Gasteiger partial charge on any atom is -0.321 e. The number of carbonyl (C=O) groups excluding carboxylic acids is 1. The summed E-state index contributed by atoms with van der Waals surface area (Å²) in [5, 5.41) is 4.85. The number of benzene rings is 1. The van der Waals surface area contributed by atoms with Gasteiger partial charge < -0.3 is 5.32 Å². The number of amides is 1. The number of anilines is 1. The molecule has 3 rings (SSSR count). The first-order chi connectivity index (χ1) is 9.93. The third kappa shape index (κ3) is 2.83. The molecule has 5 heteroatoms. The number of nitrogens with zero attached hydrogens (tertiary/aromatic N) is 2. The van der Waals surface area contributed by atoms with Crippen molar-refractivity contribution in [1.82, 2.24) is 9.38 Å². The molecule has 2 heterocycles. The van der Waals surface area contributed by atoms with Crippen molar-refractivity contribution in [3.05, 3.63) is 53.3 Å². The minimum absolute atomic E-state index is 0.0533. The van der Waals surface area contributed by atoms with Crippen LogP contribution in [0.3, 0.4) is 0 Å². The summed E-state index contributed by atoms with van der Waals surface area (Å²) >= 11 is 1.51. The summed E-state index contributed by atoms with van der Waals surface area (Å²) in [6, 6.07) is 7.94. The fourth-order valence-electron chi connectivity index (χ4n) is 2.10. The molecule has 0 saturated carbocycles. The number of fused-ring (bicyclic) bond motifs is 1. The van der Waals surface area contributed by atoms with Gasteiger partial charge in [0, 0.05) is 23.5 Å². The van der Waals surface area contributed by atoms with Crippen LogP contribution >= 0.6 is 11.3 Å². The fourth-order valence-corrected chi connectivity index (χ4v) is 2.80. The summed E-state index contributed by atoms with van der Waals surface area (Å²) in [4.78, 5) is 17.4. The number of hydrogen-bond acceptors (Lipinski definition) is 3. The van der Waals surface area contributed by atoms with E-state index in [0.29, 0.717) is 5.69 Å². The minimum atomic E-state index is -0.183. The monoisotopic (exact) mass is 299 g/mol. The summed E-state index contributed by atoms with van der Waals surface area (Å²) in [5.41, 5.74) is 2.47. The second kappa shape index (κ2) is 5.00. The number of hydrogen-bond donors (Lipinski definition) is 1. The van der Waals surface area contributed by atoms with Crippen molar-refractivity contribution in [2.45, 2.75) is 26.2 Å². The van der Waals surface area contributed by atoms with Gasteiger partial charge in [-0.1, -0.05) is 32.9 Å². The zero-order chi connectivity index (χ0) is 15.0. The highest BCUT2D eigenvalue weighted by Gasteiger charge is 2.15. The predicted octanol–water partition coefficient (Wildman–Crippen LogP) is 3.95. The molecule has 1 aromatic carbocycles. The Balaban J connectivity index is 1.83. The lowest BCUT2D eigenvalue weighted by Crippen LogP contribution is -2.15. The zero-order valence-electron chi connectivity index (χ0n) is 12.3. The molecular weight excluding hydrogens is 282 g/mol. The maximum atomic E-state index is 12.3. The molecule has 0 fully saturated rings. The van der Waals surface area contributed by atoms with Crippen molar-refractivity contribution in [2.24, 2.45) is 0 Å². The zero-order valence-corrected chi connectivity index (χ0v) is 13.1. The molecule has 0 atom stereocenters. The van der Waals surface area contributed by atoms with Gasteiger partial charge in [-0.25, -0.2) is 4.98 Å². The van der Waals surface area contributed by atoms with Crippen molar-refractivity contribution in [1.29, 1.82) is 0 Å². The van der Waals surface area contributed by atoms with Crippen molar-refractivity contribution in [3.8, 4) is 0 Å². The molecule has 1 N–H and O–H groups in total. The first-order valence-corrected chi connectivity index (χ1v) is 7.65. The molecule has 2 aromatic heterocycles. The van der Waals surface area contributed by atoms with Gasteiger partial charge in [-0.2, -0.15) is 0 Å². The third-order valence-corrected chi connectivity index (χ3v) is 4.08. The molecule has 0 spiro atoms. The summed E-state index contributed by atoms with van der Waals surface area (Å²) in [7, 11) is 0. The molecule has 0 aliphatic rings. The molecule has 108 valence electrons. The topological polar surface area (TPSA) is 46.4 Å². The first kappa shape index (κ1) is 13.8. The van der Waals surface area contributed by atoms with Gasteiger partial charge in [0.05, 0.1) is 0 Å². The maximum absolute atomic E-state index is 12.3. The van der Waals surface area contributed by atoms with Gasteiger partial charge in [0.15, 0.2) is 4.96 Å². The van der Waals surface area contributed by atoms with Crippen LogP contribution in [0.15, 0.2) is 42.0 Å². The Bertz CT molecular complexity index is 767. The number of carbonyl (C=O) groups is 1. The quantitative estimate of drug-likeness (QED) is 0.779. The van der Waals surface area contributed by atoms with E-state index >= 15 is 0 Å². The second-order valence-electron chi connectivity index (χ2n) is 6.00. The third-order valence-electron chi connectivity index (χ3n) is 3.31. The van der Waals surface area contributed by atoms with Crippen LogP contribution in [0.2, 0.25) is 0 Å². The van der Waals surface area contributed by atoms with Crippen LogP contribution in [0.25, 0.3) is 4.96 Å². The number of rotatable bonds is 2. The van der Waals surface area contributed by atoms with E-state index in [9.17, 15) is 4.79 Å². The van der Waals surface area contributed by atoms with E-state index in [1.807, 2.05) is 34.2 Å². The van der Waals surface area contributed by atoms with Crippen LogP contribution in [-0.2, 0) is 5.41 Å². The van der Waals surface area contributed by atoms with Crippen LogP contribution in [0.4, 0.5) is 5.69 Å². The van der Waals surface area contributed by atoms with Crippen LogP contribution in [-0.4, -0.2) is 15.3 Å². The van der Waals surface area contributed by atoms with Gasteiger partial charge in [-0.15, -0.1) is 11.3 Å². The van der Waals surface area contributed by atoms with Crippen molar-refractivity contribution in [2.75, 3.05) is 5.32 Å². The van der Waals surface area contributed by atoms with E-state index in [1.165, 1.54) is 16.9 Å². The molecule has 3 aromatic rings. The van der Waals surface area contributed by atoms with Gasteiger partial charge in [0.25, 0.3) is 5.91 Å². The number of aromatic nitrogens is 2. The summed E-state index contributed by atoms with van der Waals surface area (Å²) in [6.45, 7) is 6.45. The summed E-state index contributed by atoms with van der Waals surface area (Å²) < 4.78 is 1.85. The van der Waals surface area contributed by atoms with Crippen LogP contribution in [0, 0.1) is 0 Å². The Morgan fingerprint density at radius 3 is 2.86 bits per heavy atom. The summed E-state index contributed by atoms with van der Waals surface area (Å²) in [5.74, 6) is -0.183. The fraction of sp³-hybridized carbons (Fsp3) is 0.250. The lowest BCUT2D eigenvalue weighted by molar-refractivity contribution is 0.102. The van der Waals surface area contributed by atoms with Crippen LogP contribution < -0.4 is 5.32 Å². The van der Waals surface area contributed by atoms with Gasteiger partial charge >= 0.3 is 0 Å². The molecule has 1 amide bonds. The maximum Gasteiger partial charge on any atom is 0.275 e. The van der Waals surface area contributed by atoms with Crippen LogP contribution in [0.1, 0.15) is 36.8 Å². The number of nitrogens with one attached hydrogen (secondary N) is 1. The van der Waals surface area contributed by atoms with Gasteiger partial charge in [-0.3, -0.25) is 9.20 Å². The van der Waals surface area contributed by atoms with Crippen molar-refractivity contribution < 1.29 is 4.79 Å². The predicted molar refractivity (Wildman–Crippen MR) is 86.2 cm³/mol. The highest BCUT2D eigenvalue weighted by Crippen LogP contribution is 2.24. The SMILES string of the molecule is CC(C)(C)c1cccc(NC(=O)c2cn3ccsc3n2)c1. The van der Waals surface area contributed by atoms with Crippen molar-refractivity contribution in [3.63, 3.8) is 0 Å². The van der Waals surface area contributed by atoms with Gasteiger partial charge in [0.1, 0.15) is 5.69 Å². The Hall–Kier alpha value is -2.14. The normalized spacial score (nSPS) is 11.8. The Morgan fingerprint density at radius 2 is 2.14 bits per heavy atom. The van der Waals surface area contributed by atoms with E-state index < -0.39 is 0 Å². The van der Waals surface area contributed by atoms with Gasteiger partial charge in [-0.05, 0) is 23.1 Å². The molecule has 0 aliphatic carbocycles. The lowest BCUT2D eigenvalue weighted by atomic mass is 9.87. The lowest BCUT2D eigenvalue weighted by Gasteiger charge is -2.19. The first-order valence-electron chi connectivity index (χ1n) is 6.77. The Morgan fingerprint density at radius 1 is 1.33 bits per heavy atom. The molecule has 21 heavy (non-hydrogen) atoms. The smallest absolute Gasteiger partial charge is 0.275 e. The molecule has 0 unspecified atom stereocenters. The van der Waals surface area contributed by atoms with Crippen molar-refractivity contribution >= 4 is 27.9 Å². The number of thiazole rings is 1. The molecule has 0 aliphatic heterocycles. The molecule has 0 saturated heterocycles. The Kier molecular flexibility index (Phi) is 3.29. The van der Waals surface area contributed by atoms with E-state index in [2.05, 4.69) is 37.1 Å².